The molecular formula is C18H23FN2O4. The van der Waals surface area contributed by atoms with Crippen molar-refractivity contribution in [3.05, 3.63) is 35.6 Å². The Kier molecular flexibility index (Phi) is 6.91. The summed E-state index contributed by atoms with van der Waals surface area (Å²) in [5, 5.41) is 2.58. The lowest BCUT2D eigenvalue weighted by Crippen LogP contribution is -2.47. The van der Waals surface area contributed by atoms with Crippen molar-refractivity contribution in [3.8, 4) is 0 Å². The first-order chi connectivity index (χ1) is 12.0. The van der Waals surface area contributed by atoms with Crippen LogP contribution in [0.5, 0.6) is 0 Å². The van der Waals surface area contributed by atoms with Gasteiger partial charge in [0.15, 0.2) is 0 Å². The van der Waals surface area contributed by atoms with E-state index in [1.165, 1.54) is 17.0 Å². The molecule has 0 aromatic heterocycles. The predicted molar refractivity (Wildman–Crippen MR) is 89.1 cm³/mol. The molecule has 0 radical (unpaired) electrons. The van der Waals surface area contributed by atoms with E-state index in [9.17, 15) is 18.8 Å². The van der Waals surface area contributed by atoms with E-state index in [4.69, 9.17) is 4.74 Å². The highest BCUT2D eigenvalue weighted by Crippen LogP contribution is 2.18. The molecule has 2 rings (SSSR count). The Morgan fingerprint density at radius 1 is 1.20 bits per heavy atom. The van der Waals surface area contributed by atoms with Crippen molar-refractivity contribution < 1.29 is 23.5 Å². The molecule has 1 N–H and O–H groups in total. The number of ether oxygens (including phenoxy) is 1. The molecule has 0 unspecified atom stereocenters. The van der Waals surface area contributed by atoms with Crippen molar-refractivity contribution in [2.24, 2.45) is 5.92 Å². The van der Waals surface area contributed by atoms with Gasteiger partial charge in [-0.15, -0.1) is 0 Å². The minimum Gasteiger partial charge on any atom is -0.466 e. The number of likely N-dealkylation sites (tertiary alicyclic amines) is 1. The summed E-state index contributed by atoms with van der Waals surface area (Å²) in [6, 6.07) is 6.00. The van der Waals surface area contributed by atoms with E-state index in [1.807, 2.05) is 0 Å². The number of rotatable bonds is 5. The fourth-order valence-corrected chi connectivity index (χ4v) is 2.77. The largest absolute Gasteiger partial charge is 0.466 e. The van der Waals surface area contributed by atoms with Crippen LogP contribution in [0.25, 0.3) is 0 Å². The van der Waals surface area contributed by atoms with Gasteiger partial charge in [0.2, 0.25) is 0 Å². The van der Waals surface area contributed by atoms with Crippen LogP contribution in [0.3, 0.4) is 0 Å². The van der Waals surface area contributed by atoms with Crippen molar-refractivity contribution in [2.45, 2.75) is 26.2 Å². The van der Waals surface area contributed by atoms with Crippen LogP contribution < -0.4 is 5.32 Å². The van der Waals surface area contributed by atoms with E-state index in [0.717, 1.165) is 5.56 Å². The molecule has 1 aromatic rings. The van der Waals surface area contributed by atoms with Gasteiger partial charge in [-0.3, -0.25) is 14.4 Å². The molecule has 1 saturated heterocycles. The molecule has 2 amide bonds. The first-order valence-corrected chi connectivity index (χ1v) is 8.49. The number of hydrogen-bond acceptors (Lipinski definition) is 4. The van der Waals surface area contributed by atoms with Gasteiger partial charge in [-0.25, -0.2) is 4.39 Å². The van der Waals surface area contributed by atoms with E-state index < -0.39 is 11.8 Å². The van der Waals surface area contributed by atoms with Crippen LogP contribution in [-0.4, -0.2) is 48.9 Å². The first-order valence-electron chi connectivity index (χ1n) is 8.49. The van der Waals surface area contributed by atoms with Crippen molar-refractivity contribution >= 4 is 17.8 Å². The lowest BCUT2D eigenvalue weighted by Gasteiger charge is -2.30. The molecule has 0 atom stereocenters. The highest BCUT2D eigenvalue weighted by atomic mass is 19.1. The van der Waals surface area contributed by atoms with Crippen LogP contribution in [0.4, 0.5) is 4.39 Å². The average Bonchev–Trinajstić information content (AvgIpc) is 2.63. The molecule has 25 heavy (non-hydrogen) atoms. The highest BCUT2D eigenvalue weighted by molar-refractivity contribution is 6.35. The molecule has 0 bridgehead atoms. The van der Waals surface area contributed by atoms with Gasteiger partial charge < -0.3 is 15.0 Å². The fraction of sp³-hybridized carbons (Fsp3) is 0.500. The molecule has 1 aliphatic heterocycles. The standard InChI is InChI=1S/C18H23FN2O4/c1-2-25-18(24)14-8-11-21(12-9-14)17(23)16(22)20-10-7-13-3-5-15(19)6-4-13/h3-6,14H,2,7-12H2,1H3,(H,20,22). The van der Waals surface area contributed by atoms with E-state index in [1.54, 1.807) is 19.1 Å². The summed E-state index contributed by atoms with van der Waals surface area (Å²) in [6.45, 7) is 3.14. The monoisotopic (exact) mass is 350 g/mol. The van der Waals surface area contributed by atoms with Gasteiger partial charge in [-0.05, 0) is 43.9 Å². The van der Waals surface area contributed by atoms with Crippen molar-refractivity contribution in [1.82, 2.24) is 10.2 Å². The van der Waals surface area contributed by atoms with Crippen molar-refractivity contribution in [3.63, 3.8) is 0 Å². The predicted octanol–water partition coefficient (Wildman–Crippen LogP) is 1.29. The maximum atomic E-state index is 12.8. The Labute approximate surface area is 146 Å². The number of carbonyl (C=O) groups excluding carboxylic acids is 3. The molecular weight excluding hydrogens is 327 g/mol. The summed E-state index contributed by atoms with van der Waals surface area (Å²) in [6.07, 6.45) is 1.53. The zero-order valence-electron chi connectivity index (χ0n) is 14.3. The molecule has 1 aromatic carbocycles. The number of halogens is 1. The maximum Gasteiger partial charge on any atom is 0.311 e. The van der Waals surface area contributed by atoms with Gasteiger partial charge in [0.25, 0.3) is 0 Å². The van der Waals surface area contributed by atoms with E-state index in [-0.39, 0.29) is 17.7 Å². The molecule has 0 saturated carbocycles. The van der Waals surface area contributed by atoms with Crippen LogP contribution in [0.1, 0.15) is 25.3 Å². The Bertz CT molecular complexity index is 610. The highest BCUT2D eigenvalue weighted by Gasteiger charge is 2.30. The van der Waals surface area contributed by atoms with Crippen LogP contribution in [0.2, 0.25) is 0 Å². The second-order valence-electron chi connectivity index (χ2n) is 5.95. The van der Waals surface area contributed by atoms with Gasteiger partial charge in [0.1, 0.15) is 5.82 Å². The zero-order valence-corrected chi connectivity index (χ0v) is 14.3. The third-order valence-electron chi connectivity index (χ3n) is 4.21. The molecule has 1 fully saturated rings. The van der Waals surface area contributed by atoms with Crippen LogP contribution in [0.15, 0.2) is 24.3 Å². The van der Waals surface area contributed by atoms with Crippen molar-refractivity contribution in [1.29, 1.82) is 0 Å². The number of nitrogens with one attached hydrogen (secondary N) is 1. The van der Waals surface area contributed by atoms with E-state index in [2.05, 4.69) is 5.32 Å². The van der Waals surface area contributed by atoms with Crippen LogP contribution in [0, 0.1) is 11.7 Å². The lowest BCUT2D eigenvalue weighted by atomic mass is 9.97. The molecule has 0 spiro atoms. The maximum absolute atomic E-state index is 12.8. The normalized spacial score (nSPS) is 14.9. The smallest absolute Gasteiger partial charge is 0.311 e. The molecule has 0 aliphatic carbocycles. The summed E-state index contributed by atoms with van der Waals surface area (Å²) in [5.74, 6) is -1.99. The van der Waals surface area contributed by atoms with Gasteiger partial charge in [-0.2, -0.15) is 0 Å². The van der Waals surface area contributed by atoms with Gasteiger partial charge in [-0.1, -0.05) is 12.1 Å². The average molecular weight is 350 g/mol. The SMILES string of the molecule is CCOC(=O)C1CCN(C(=O)C(=O)NCCc2ccc(F)cc2)CC1. The molecule has 1 aliphatic rings. The fourth-order valence-electron chi connectivity index (χ4n) is 2.77. The molecule has 6 nitrogen and oxygen atoms in total. The number of nitrogens with zero attached hydrogens (tertiary/aromatic N) is 1. The van der Waals surface area contributed by atoms with Crippen LogP contribution in [-0.2, 0) is 25.5 Å². The van der Waals surface area contributed by atoms with Gasteiger partial charge >= 0.3 is 17.8 Å². The Hall–Kier alpha value is -2.44. The third-order valence-corrected chi connectivity index (χ3v) is 4.21. The number of amides is 2. The minimum atomic E-state index is -0.656. The number of benzene rings is 1. The summed E-state index contributed by atoms with van der Waals surface area (Å²) in [4.78, 5) is 37.2. The summed E-state index contributed by atoms with van der Waals surface area (Å²) in [5.41, 5.74) is 0.879. The summed E-state index contributed by atoms with van der Waals surface area (Å²) < 4.78 is 17.8. The molecule has 7 heteroatoms. The van der Waals surface area contributed by atoms with Gasteiger partial charge in [0.05, 0.1) is 12.5 Å². The summed E-state index contributed by atoms with van der Waals surface area (Å²) >= 11 is 0. The quantitative estimate of drug-likeness (QED) is 0.641. The van der Waals surface area contributed by atoms with Gasteiger partial charge in [0, 0.05) is 19.6 Å². The topological polar surface area (TPSA) is 75.7 Å². The molecule has 136 valence electrons. The van der Waals surface area contributed by atoms with E-state index >= 15 is 0 Å². The number of carbonyl (C=O) groups is 3. The van der Waals surface area contributed by atoms with E-state index in [0.29, 0.717) is 45.5 Å². The lowest BCUT2D eigenvalue weighted by molar-refractivity contribution is -0.152. The Balaban J connectivity index is 1.72. The first kappa shape index (κ1) is 18.9. The van der Waals surface area contributed by atoms with Crippen molar-refractivity contribution in [2.75, 3.05) is 26.2 Å². The molecule has 1 heterocycles. The Morgan fingerprint density at radius 3 is 2.44 bits per heavy atom. The number of piperidine rings is 1. The summed E-state index contributed by atoms with van der Waals surface area (Å²) in [7, 11) is 0. The van der Waals surface area contributed by atoms with Crippen LogP contribution >= 0.6 is 0 Å². The second kappa shape index (κ2) is 9.15. The second-order valence-corrected chi connectivity index (χ2v) is 5.95. The number of esters is 1. The third kappa shape index (κ3) is 5.55. The minimum absolute atomic E-state index is 0.203. The number of hydrogen-bond donors (Lipinski definition) is 1. The zero-order chi connectivity index (χ0) is 18.2. The Morgan fingerprint density at radius 2 is 1.84 bits per heavy atom.